The number of hydrogen-bond donors (Lipinski definition) is 1. The molecule has 0 amide bonds. The normalized spacial score (nSPS) is 33.4. The van der Waals surface area contributed by atoms with Crippen LogP contribution in [0.25, 0.3) is 0 Å². The van der Waals surface area contributed by atoms with Crippen LogP contribution in [-0.4, -0.2) is 66.8 Å². The Kier molecular flexibility index (Phi) is 4.49. The summed E-state index contributed by atoms with van der Waals surface area (Å²) >= 11 is 0. The Balaban J connectivity index is 2.01. The number of rotatable bonds is 5. The van der Waals surface area contributed by atoms with Gasteiger partial charge in [0.05, 0.1) is 11.2 Å². The van der Waals surface area contributed by atoms with Crippen molar-refractivity contribution < 1.29 is 4.74 Å². The standard InChI is InChI=1S/C17H35N3O/c1-15(2)13(14(18)16(3,4)21-15)11-20(7)12-17(19(5)6)9-8-10-17/h13-14H,8-12,18H2,1-7H3. The summed E-state index contributed by atoms with van der Waals surface area (Å²) in [5, 5.41) is 0. The van der Waals surface area contributed by atoms with Gasteiger partial charge >= 0.3 is 0 Å². The lowest BCUT2D eigenvalue weighted by Crippen LogP contribution is -2.58. The maximum absolute atomic E-state index is 6.49. The predicted octanol–water partition coefficient (Wildman–Crippen LogP) is 1.93. The van der Waals surface area contributed by atoms with Gasteiger partial charge in [0, 0.05) is 30.6 Å². The molecule has 1 heterocycles. The van der Waals surface area contributed by atoms with Gasteiger partial charge < -0.3 is 20.3 Å². The zero-order valence-corrected chi connectivity index (χ0v) is 15.1. The van der Waals surface area contributed by atoms with E-state index in [0.29, 0.717) is 11.5 Å². The summed E-state index contributed by atoms with van der Waals surface area (Å²) in [4.78, 5) is 4.88. The molecule has 2 aliphatic rings. The largest absolute Gasteiger partial charge is 0.368 e. The van der Waals surface area contributed by atoms with Gasteiger partial charge in [-0.2, -0.15) is 0 Å². The van der Waals surface area contributed by atoms with Gasteiger partial charge in [0.15, 0.2) is 0 Å². The number of likely N-dealkylation sites (N-methyl/N-ethyl adjacent to an activating group) is 2. The molecular weight excluding hydrogens is 262 g/mol. The Morgan fingerprint density at radius 3 is 1.95 bits per heavy atom. The van der Waals surface area contributed by atoms with Crippen LogP contribution in [0.15, 0.2) is 0 Å². The van der Waals surface area contributed by atoms with Gasteiger partial charge in [0.1, 0.15) is 0 Å². The Morgan fingerprint density at radius 1 is 1.05 bits per heavy atom. The summed E-state index contributed by atoms with van der Waals surface area (Å²) in [6.45, 7) is 10.7. The molecule has 1 saturated heterocycles. The highest BCUT2D eigenvalue weighted by Gasteiger charge is 2.52. The van der Waals surface area contributed by atoms with Crippen LogP contribution < -0.4 is 5.73 Å². The van der Waals surface area contributed by atoms with Crippen LogP contribution in [0.3, 0.4) is 0 Å². The van der Waals surface area contributed by atoms with Gasteiger partial charge in [0.25, 0.3) is 0 Å². The van der Waals surface area contributed by atoms with E-state index >= 15 is 0 Å². The summed E-state index contributed by atoms with van der Waals surface area (Å²) in [5.74, 6) is 0.372. The smallest absolute Gasteiger partial charge is 0.0788 e. The molecule has 21 heavy (non-hydrogen) atoms. The van der Waals surface area contributed by atoms with Crippen LogP contribution in [0.2, 0.25) is 0 Å². The van der Waals surface area contributed by atoms with E-state index in [9.17, 15) is 0 Å². The summed E-state index contributed by atoms with van der Waals surface area (Å²) < 4.78 is 6.22. The Labute approximate surface area is 131 Å². The molecule has 4 nitrogen and oxygen atoms in total. The van der Waals surface area contributed by atoms with Crippen LogP contribution in [0.5, 0.6) is 0 Å². The van der Waals surface area contributed by atoms with Gasteiger partial charge in [-0.15, -0.1) is 0 Å². The first kappa shape index (κ1) is 17.2. The maximum atomic E-state index is 6.49. The molecule has 0 aromatic rings. The Hall–Kier alpha value is -0.160. The first-order valence-corrected chi connectivity index (χ1v) is 8.32. The summed E-state index contributed by atoms with van der Waals surface area (Å²) in [6.07, 6.45) is 3.98. The molecule has 2 fully saturated rings. The molecule has 1 aliphatic carbocycles. The molecule has 2 unspecified atom stereocenters. The highest BCUT2D eigenvalue weighted by Crippen LogP contribution is 2.42. The molecule has 0 spiro atoms. The molecule has 2 rings (SSSR count). The van der Waals surface area contributed by atoms with E-state index in [4.69, 9.17) is 10.5 Å². The topological polar surface area (TPSA) is 41.7 Å². The van der Waals surface area contributed by atoms with Crippen LogP contribution in [0.4, 0.5) is 0 Å². The first-order valence-electron chi connectivity index (χ1n) is 8.32. The molecule has 4 heteroatoms. The SMILES string of the molecule is CN(CC1C(N)C(C)(C)OC1(C)C)CC1(N(C)C)CCC1. The highest BCUT2D eigenvalue weighted by molar-refractivity contribution is 5.05. The first-order chi connectivity index (χ1) is 9.50. The lowest BCUT2D eigenvalue weighted by atomic mass is 9.75. The van der Waals surface area contributed by atoms with E-state index in [-0.39, 0.29) is 17.2 Å². The molecule has 0 aromatic carbocycles. The molecule has 1 aliphatic heterocycles. The van der Waals surface area contributed by atoms with Crippen molar-refractivity contribution in [2.75, 3.05) is 34.2 Å². The molecule has 2 atom stereocenters. The average molecular weight is 297 g/mol. The van der Waals surface area contributed by atoms with Crippen molar-refractivity contribution in [3.63, 3.8) is 0 Å². The number of nitrogens with two attached hydrogens (primary N) is 1. The van der Waals surface area contributed by atoms with Gasteiger partial charge in [0.2, 0.25) is 0 Å². The van der Waals surface area contributed by atoms with Crippen molar-refractivity contribution in [3.05, 3.63) is 0 Å². The van der Waals surface area contributed by atoms with Crippen molar-refractivity contribution >= 4 is 0 Å². The van der Waals surface area contributed by atoms with E-state index in [1.54, 1.807) is 0 Å². The van der Waals surface area contributed by atoms with E-state index in [2.05, 4.69) is 58.6 Å². The fraction of sp³-hybridized carbons (Fsp3) is 1.00. The molecular formula is C17H35N3O. The summed E-state index contributed by atoms with van der Waals surface area (Å²) in [6, 6.07) is 0.0895. The molecule has 2 N–H and O–H groups in total. The van der Waals surface area contributed by atoms with E-state index in [0.717, 1.165) is 13.1 Å². The fourth-order valence-electron chi connectivity index (χ4n) is 4.31. The molecule has 0 bridgehead atoms. The van der Waals surface area contributed by atoms with Crippen molar-refractivity contribution in [1.29, 1.82) is 0 Å². The molecule has 1 saturated carbocycles. The van der Waals surface area contributed by atoms with Gasteiger partial charge in [-0.05, 0) is 68.1 Å². The number of hydrogen-bond acceptors (Lipinski definition) is 4. The monoisotopic (exact) mass is 297 g/mol. The predicted molar refractivity (Wildman–Crippen MR) is 88.5 cm³/mol. The quantitative estimate of drug-likeness (QED) is 0.842. The lowest BCUT2D eigenvalue weighted by Gasteiger charge is -2.50. The number of ether oxygens (including phenoxy) is 1. The van der Waals surface area contributed by atoms with Gasteiger partial charge in [-0.1, -0.05) is 0 Å². The Bertz CT molecular complexity index is 374. The van der Waals surface area contributed by atoms with Crippen LogP contribution >= 0.6 is 0 Å². The minimum atomic E-state index is -0.231. The van der Waals surface area contributed by atoms with E-state index in [1.807, 2.05) is 0 Å². The second-order valence-corrected chi connectivity index (χ2v) is 8.61. The van der Waals surface area contributed by atoms with Crippen LogP contribution in [-0.2, 0) is 4.74 Å². The zero-order valence-electron chi connectivity index (χ0n) is 15.1. The van der Waals surface area contributed by atoms with E-state index < -0.39 is 0 Å². The van der Waals surface area contributed by atoms with Crippen LogP contribution in [0.1, 0.15) is 47.0 Å². The fourth-order valence-corrected chi connectivity index (χ4v) is 4.31. The van der Waals surface area contributed by atoms with Crippen molar-refractivity contribution in [2.24, 2.45) is 11.7 Å². The second kappa shape index (κ2) is 5.48. The molecule has 0 radical (unpaired) electrons. The van der Waals surface area contributed by atoms with Crippen molar-refractivity contribution in [1.82, 2.24) is 9.80 Å². The molecule has 124 valence electrons. The highest BCUT2D eigenvalue weighted by atomic mass is 16.5. The van der Waals surface area contributed by atoms with Gasteiger partial charge in [-0.3, -0.25) is 0 Å². The number of nitrogens with zero attached hydrogens (tertiary/aromatic N) is 2. The van der Waals surface area contributed by atoms with Gasteiger partial charge in [-0.25, -0.2) is 0 Å². The maximum Gasteiger partial charge on any atom is 0.0788 e. The Morgan fingerprint density at radius 2 is 1.62 bits per heavy atom. The second-order valence-electron chi connectivity index (χ2n) is 8.61. The minimum absolute atomic E-state index is 0.0895. The third kappa shape index (κ3) is 3.14. The minimum Gasteiger partial charge on any atom is -0.368 e. The lowest BCUT2D eigenvalue weighted by molar-refractivity contribution is -0.0793. The summed E-state index contributed by atoms with van der Waals surface area (Å²) in [7, 11) is 6.66. The third-order valence-corrected chi connectivity index (χ3v) is 5.96. The summed E-state index contributed by atoms with van der Waals surface area (Å²) in [5.41, 5.74) is 6.48. The van der Waals surface area contributed by atoms with Crippen molar-refractivity contribution in [3.8, 4) is 0 Å². The third-order valence-electron chi connectivity index (χ3n) is 5.96. The molecule has 0 aromatic heterocycles. The zero-order chi connectivity index (χ0) is 16.1. The average Bonchev–Trinajstić information content (AvgIpc) is 2.41. The van der Waals surface area contributed by atoms with Crippen LogP contribution in [0, 0.1) is 5.92 Å². The van der Waals surface area contributed by atoms with Crippen molar-refractivity contribution in [2.45, 2.75) is 69.7 Å². The van der Waals surface area contributed by atoms with E-state index in [1.165, 1.54) is 19.3 Å².